The summed E-state index contributed by atoms with van der Waals surface area (Å²) in [6, 6.07) is 3.38. The second-order valence-corrected chi connectivity index (χ2v) is 4.42. The zero-order valence-electron chi connectivity index (χ0n) is 10.4. The number of esters is 1. The van der Waals surface area contributed by atoms with Crippen LogP contribution in [0.2, 0.25) is 0 Å². The Kier molecular flexibility index (Phi) is 3.69. The highest BCUT2D eigenvalue weighted by Gasteiger charge is 2.32. The minimum atomic E-state index is -0.772. The molecule has 19 heavy (non-hydrogen) atoms. The molecular formula is C13H14FNO4. The molecule has 1 aromatic rings. The molecule has 0 aliphatic carbocycles. The highest BCUT2D eigenvalue weighted by atomic mass is 19.1. The van der Waals surface area contributed by atoms with E-state index < -0.39 is 11.7 Å². The van der Waals surface area contributed by atoms with Gasteiger partial charge in [0.25, 0.3) is 5.91 Å². The fraction of sp³-hybridized carbons (Fsp3) is 0.385. The maximum atomic E-state index is 13.6. The number of nitrogens with zero attached hydrogens (tertiary/aromatic N) is 1. The van der Waals surface area contributed by atoms with E-state index in [9.17, 15) is 14.0 Å². The number of ether oxygens (including phenoxy) is 1. The number of carbonyl (C=O) groups excluding carboxylic acids is 2. The third-order valence-corrected chi connectivity index (χ3v) is 3.19. The molecule has 1 fully saturated rings. The van der Waals surface area contributed by atoms with Crippen LogP contribution in [-0.4, -0.2) is 42.1 Å². The highest BCUT2D eigenvalue weighted by molar-refractivity contribution is 5.95. The average Bonchev–Trinajstić information content (AvgIpc) is 2.86. The third kappa shape index (κ3) is 2.67. The number of carbonyl (C=O) groups is 2. The average molecular weight is 267 g/mol. The molecule has 5 nitrogen and oxygen atoms in total. The SMILES string of the molecule is COC(=O)C1CCN(C(=O)c2ccc(O)cc2F)C1. The van der Waals surface area contributed by atoms with E-state index >= 15 is 0 Å². The number of rotatable bonds is 2. The molecule has 1 heterocycles. The second-order valence-electron chi connectivity index (χ2n) is 4.42. The van der Waals surface area contributed by atoms with E-state index in [4.69, 9.17) is 5.11 Å². The number of methoxy groups -OCH3 is 1. The molecule has 0 aromatic heterocycles. The molecule has 0 spiro atoms. The van der Waals surface area contributed by atoms with Crippen LogP contribution in [0.3, 0.4) is 0 Å². The van der Waals surface area contributed by atoms with Crippen LogP contribution in [0.5, 0.6) is 5.75 Å². The smallest absolute Gasteiger partial charge is 0.310 e. The lowest BCUT2D eigenvalue weighted by atomic mass is 10.1. The van der Waals surface area contributed by atoms with Gasteiger partial charge in [-0.25, -0.2) is 4.39 Å². The van der Waals surface area contributed by atoms with Gasteiger partial charge in [-0.05, 0) is 18.6 Å². The maximum Gasteiger partial charge on any atom is 0.310 e. The Bertz CT molecular complexity index is 517. The Balaban J connectivity index is 2.11. The number of aromatic hydroxyl groups is 1. The van der Waals surface area contributed by atoms with Crippen LogP contribution in [-0.2, 0) is 9.53 Å². The van der Waals surface area contributed by atoms with Gasteiger partial charge in [-0.1, -0.05) is 0 Å². The van der Waals surface area contributed by atoms with Crippen LogP contribution < -0.4 is 0 Å². The molecule has 1 unspecified atom stereocenters. The van der Waals surface area contributed by atoms with Crippen molar-refractivity contribution in [2.45, 2.75) is 6.42 Å². The number of halogens is 1. The van der Waals surface area contributed by atoms with Crippen molar-refractivity contribution in [3.05, 3.63) is 29.6 Å². The molecule has 1 atom stereocenters. The standard InChI is InChI=1S/C13H14FNO4/c1-19-13(18)8-4-5-15(7-8)12(17)10-3-2-9(16)6-11(10)14/h2-3,6,8,16H,4-5,7H2,1H3. The quantitative estimate of drug-likeness (QED) is 0.817. The minimum Gasteiger partial charge on any atom is -0.508 e. The van der Waals surface area contributed by atoms with Gasteiger partial charge in [-0.2, -0.15) is 0 Å². The number of benzene rings is 1. The number of hydrogen-bond donors (Lipinski definition) is 1. The summed E-state index contributed by atoms with van der Waals surface area (Å²) in [5.74, 6) is -2.20. The van der Waals surface area contributed by atoms with Gasteiger partial charge < -0.3 is 14.7 Å². The Morgan fingerprint density at radius 2 is 2.21 bits per heavy atom. The summed E-state index contributed by atoms with van der Waals surface area (Å²) in [4.78, 5) is 24.9. The summed E-state index contributed by atoms with van der Waals surface area (Å²) in [6.07, 6.45) is 0.512. The van der Waals surface area contributed by atoms with E-state index in [1.54, 1.807) is 0 Å². The fourth-order valence-corrected chi connectivity index (χ4v) is 2.15. The predicted octanol–water partition coefficient (Wildman–Crippen LogP) is 1.17. The highest BCUT2D eigenvalue weighted by Crippen LogP contribution is 2.22. The van der Waals surface area contributed by atoms with Crippen molar-refractivity contribution in [3.8, 4) is 5.75 Å². The van der Waals surface area contributed by atoms with Crippen molar-refractivity contribution in [2.24, 2.45) is 5.92 Å². The van der Waals surface area contributed by atoms with E-state index in [-0.39, 0.29) is 29.7 Å². The lowest BCUT2D eigenvalue weighted by molar-refractivity contribution is -0.144. The molecule has 2 rings (SSSR count). The second kappa shape index (κ2) is 5.26. The molecule has 102 valence electrons. The van der Waals surface area contributed by atoms with E-state index in [1.807, 2.05) is 0 Å². The number of phenolic OH excluding ortho intramolecular Hbond substituents is 1. The third-order valence-electron chi connectivity index (χ3n) is 3.19. The number of hydrogen-bond acceptors (Lipinski definition) is 4. The Hall–Kier alpha value is -2.11. The number of likely N-dealkylation sites (tertiary alicyclic amines) is 1. The van der Waals surface area contributed by atoms with E-state index in [1.165, 1.54) is 24.1 Å². The van der Waals surface area contributed by atoms with Gasteiger partial charge in [-0.3, -0.25) is 9.59 Å². The van der Waals surface area contributed by atoms with Gasteiger partial charge in [0.15, 0.2) is 0 Å². The molecular weight excluding hydrogens is 253 g/mol. The number of amides is 1. The van der Waals surface area contributed by atoms with Crippen molar-refractivity contribution < 1.29 is 23.8 Å². The monoisotopic (exact) mass is 267 g/mol. The van der Waals surface area contributed by atoms with Crippen LogP contribution in [0.25, 0.3) is 0 Å². The van der Waals surface area contributed by atoms with Gasteiger partial charge in [0.2, 0.25) is 0 Å². The summed E-state index contributed by atoms with van der Waals surface area (Å²) in [5.41, 5.74) is -0.108. The van der Waals surface area contributed by atoms with Crippen LogP contribution in [0, 0.1) is 11.7 Å². The van der Waals surface area contributed by atoms with Crippen LogP contribution in [0.15, 0.2) is 18.2 Å². The van der Waals surface area contributed by atoms with Crippen LogP contribution in [0.4, 0.5) is 4.39 Å². The topological polar surface area (TPSA) is 66.8 Å². The van der Waals surface area contributed by atoms with Gasteiger partial charge in [0.1, 0.15) is 11.6 Å². The summed E-state index contributed by atoms with van der Waals surface area (Å²) in [7, 11) is 1.30. The van der Waals surface area contributed by atoms with Gasteiger partial charge in [0.05, 0.1) is 18.6 Å². The first-order chi connectivity index (χ1) is 9.02. The molecule has 0 saturated carbocycles. The number of phenols is 1. The van der Waals surface area contributed by atoms with Gasteiger partial charge in [0, 0.05) is 19.2 Å². The maximum absolute atomic E-state index is 13.6. The molecule has 1 saturated heterocycles. The molecule has 1 N–H and O–H groups in total. The van der Waals surface area contributed by atoms with Gasteiger partial charge >= 0.3 is 5.97 Å². The van der Waals surface area contributed by atoms with Gasteiger partial charge in [-0.15, -0.1) is 0 Å². The summed E-state index contributed by atoms with van der Waals surface area (Å²) < 4.78 is 18.2. The fourth-order valence-electron chi connectivity index (χ4n) is 2.15. The summed E-state index contributed by atoms with van der Waals surface area (Å²) in [6.45, 7) is 0.616. The Morgan fingerprint density at radius 1 is 1.47 bits per heavy atom. The first kappa shape index (κ1) is 13.3. The summed E-state index contributed by atoms with van der Waals surface area (Å²) >= 11 is 0. The zero-order valence-corrected chi connectivity index (χ0v) is 10.4. The lowest BCUT2D eigenvalue weighted by Crippen LogP contribution is -2.30. The molecule has 0 bridgehead atoms. The molecule has 0 radical (unpaired) electrons. The minimum absolute atomic E-state index is 0.108. The molecule has 1 aliphatic heterocycles. The first-order valence-corrected chi connectivity index (χ1v) is 5.88. The predicted molar refractivity (Wildman–Crippen MR) is 64.1 cm³/mol. The molecule has 1 aromatic carbocycles. The van der Waals surface area contributed by atoms with Crippen molar-refractivity contribution in [1.82, 2.24) is 4.90 Å². The first-order valence-electron chi connectivity index (χ1n) is 5.88. The lowest BCUT2D eigenvalue weighted by Gasteiger charge is -2.16. The normalized spacial score (nSPS) is 18.4. The van der Waals surface area contributed by atoms with Crippen molar-refractivity contribution in [2.75, 3.05) is 20.2 Å². The summed E-state index contributed by atoms with van der Waals surface area (Å²) in [5, 5.41) is 9.11. The molecule has 1 amide bonds. The van der Waals surface area contributed by atoms with Crippen LogP contribution >= 0.6 is 0 Å². The van der Waals surface area contributed by atoms with Crippen LogP contribution in [0.1, 0.15) is 16.8 Å². The van der Waals surface area contributed by atoms with E-state index in [0.29, 0.717) is 13.0 Å². The van der Waals surface area contributed by atoms with Crippen molar-refractivity contribution in [1.29, 1.82) is 0 Å². The largest absolute Gasteiger partial charge is 0.508 e. The molecule has 1 aliphatic rings. The van der Waals surface area contributed by atoms with Crippen molar-refractivity contribution in [3.63, 3.8) is 0 Å². The van der Waals surface area contributed by atoms with Crippen molar-refractivity contribution >= 4 is 11.9 Å². The van der Waals surface area contributed by atoms with E-state index in [2.05, 4.69) is 4.74 Å². The zero-order chi connectivity index (χ0) is 14.0. The van der Waals surface area contributed by atoms with E-state index in [0.717, 1.165) is 6.07 Å². The molecule has 6 heteroatoms. The Morgan fingerprint density at radius 3 is 2.84 bits per heavy atom. The Labute approximate surface area is 109 Å².